The molecule has 2 rings (SSSR count). The Morgan fingerprint density at radius 1 is 1.29 bits per heavy atom. The zero-order valence-electron chi connectivity index (χ0n) is 15.5. The maximum atomic E-state index is 12.1. The van der Waals surface area contributed by atoms with Gasteiger partial charge in [0.1, 0.15) is 11.4 Å². The number of aromatic nitrogens is 1. The third-order valence-corrected chi connectivity index (χ3v) is 4.21. The first-order chi connectivity index (χ1) is 11.2. The first-order valence-corrected chi connectivity index (χ1v) is 8.67. The van der Waals surface area contributed by atoms with Gasteiger partial charge in [-0.05, 0) is 45.7 Å². The van der Waals surface area contributed by atoms with Gasteiger partial charge in [0.25, 0.3) is 0 Å². The van der Waals surface area contributed by atoms with Gasteiger partial charge in [-0.15, -0.1) is 0 Å². The Kier molecular flexibility index (Phi) is 5.70. The molecule has 6 heteroatoms. The van der Waals surface area contributed by atoms with E-state index in [1.807, 2.05) is 33.8 Å². The summed E-state index contributed by atoms with van der Waals surface area (Å²) in [6.07, 6.45) is 0.659. The first kappa shape index (κ1) is 18.5. The molecule has 0 saturated carbocycles. The van der Waals surface area contributed by atoms with E-state index < -0.39 is 5.60 Å². The molecule has 1 aliphatic heterocycles. The number of hydrogen-bond donors (Lipinski definition) is 1. The van der Waals surface area contributed by atoms with E-state index in [1.165, 1.54) is 0 Å². The van der Waals surface area contributed by atoms with Crippen LogP contribution in [0, 0.1) is 6.92 Å². The largest absolute Gasteiger partial charge is 0.444 e. The molecular formula is C18H30N4O2. The molecular weight excluding hydrogens is 304 g/mol. The molecule has 1 amide bonds. The minimum absolute atomic E-state index is 0.0376. The van der Waals surface area contributed by atoms with E-state index >= 15 is 0 Å². The number of aryl methyl sites for hydroxylation is 1. The molecule has 134 valence electrons. The monoisotopic (exact) mass is 334 g/mol. The van der Waals surface area contributed by atoms with Crippen LogP contribution in [0.2, 0.25) is 0 Å². The Labute approximate surface area is 145 Å². The Balaban J connectivity index is 1.97. The van der Waals surface area contributed by atoms with Crippen molar-refractivity contribution in [2.24, 2.45) is 5.73 Å². The second kappa shape index (κ2) is 7.38. The van der Waals surface area contributed by atoms with Crippen molar-refractivity contribution in [1.82, 2.24) is 9.88 Å². The molecule has 1 aliphatic rings. The van der Waals surface area contributed by atoms with E-state index in [0.29, 0.717) is 13.1 Å². The summed E-state index contributed by atoms with van der Waals surface area (Å²) in [5.74, 6) is 0.948. The number of anilines is 1. The van der Waals surface area contributed by atoms with Gasteiger partial charge >= 0.3 is 6.09 Å². The lowest BCUT2D eigenvalue weighted by Gasteiger charge is -2.36. The van der Waals surface area contributed by atoms with Crippen LogP contribution >= 0.6 is 0 Å². The molecule has 2 N–H and O–H groups in total. The summed E-state index contributed by atoms with van der Waals surface area (Å²) in [4.78, 5) is 20.8. The van der Waals surface area contributed by atoms with E-state index in [0.717, 1.165) is 36.6 Å². The van der Waals surface area contributed by atoms with Crippen molar-refractivity contribution in [2.75, 3.05) is 31.1 Å². The van der Waals surface area contributed by atoms with Gasteiger partial charge in [-0.2, -0.15) is 0 Å². The van der Waals surface area contributed by atoms with Gasteiger partial charge < -0.3 is 20.3 Å². The average molecular weight is 334 g/mol. The van der Waals surface area contributed by atoms with Crippen LogP contribution in [0.25, 0.3) is 0 Å². The molecule has 1 aromatic rings. The van der Waals surface area contributed by atoms with Crippen LogP contribution in [-0.4, -0.2) is 47.8 Å². The lowest BCUT2D eigenvalue weighted by atomic mass is 10.0. The van der Waals surface area contributed by atoms with E-state index in [4.69, 9.17) is 15.5 Å². The molecule has 0 bridgehead atoms. The first-order valence-electron chi connectivity index (χ1n) is 8.67. The van der Waals surface area contributed by atoms with Crippen molar-refractivity contribution in [1.29, 1.82) is 0 Å². The number of nitrogens with zero attached hydrogens (tertiary/aromatic N) is 3. The van der Waals surface area contributed by atoms with Crippen molar-refractivity contribution >= 4 is 11.9 Å². The molecule has 1 atom stereocenters. The number of carbonyl (C=O) groups excluding carboxylic acids is 1. The molecule has 0 unspecified atom stereocenters. The molecule has 1 saturated heterocycles. The highest BCUT2D eigenvalue weighted by Crippen LogP contribution is 2.22. The smallest absolute Gasteiger partial charge is 0.410 e. The minimum Gasteiger partial charge on any atom is -0.444 e. The van der Waals surface area contributed by atoms with E-state index in [-0.39, 0.29) is 12.1 Å². The highest BCUT2D eigenvalue weighted by molar-refractivity contribution is 5.68. The van der Waals surface area contributed by atoms with Crippen LogP contribution in [-0.2, 0) is 4.74 Å². The standard InChI is InChI=1S/C18H30N4O2/c1-6-15(19)14-7-8-16(20-13(14)2)21-9-11-22(12-10-21)17(23)24-18(3,4)5/h7-8,15H,6,9-12,19H2,1-5H3/t15-/m0/s1. The zero-order chi connectivity index (χ0) is 17.9. The maximum Gasteiger partial charge on any atom is 0.410 e. The third-order valence-electron chi connectivity index (χ3n) is 4.21. The summed E-state index contributed by atoms with van der Waals surface area (Å²) in [6, 6.07) is 4.14. The van der Waals surface area contributed by atoms with Gasteiger partial charge in [0.2, 0.25) is 0 Å². The quantitative estimate of drug-likeness (QED) is 0.920. The molecule has 1 aromatic heterocycles. The van der Waals surface area contributed by atoms with Crippen molar-refractivity contribution < 1.29 is 9.53 Å². The molecule has 1 fully saturated rings. The van der Waals surface area contributed by atoms with Gasteiger partial charge in [-0.25, -0.2) is 9.78 Å². The van der Waals surface area contributed by atoms with Gasteiger partial charge in [-0.3, -0.25) is 0 Å². The topological polar surface area (TPSA) is 71.7 Å². The third kappa shape index (κ3) is 4.60. The number of amides is 1. The van der Waals surface area contributed by atoms with E-state index in [1.54, 1.807) is 4.90 Å². The fourth-order valence-electron chi connectivity index (χ4n) is 2.79. The van der Waals surface area contributed by atoms with E-state index in [9.17, 15) is 4.79 Å². The van der Waals surface area contributed by atoms with Crippen molar-refractivity contribution in [3.8, 4) is 0 Å². The average Bonchev–Trinajstić information content (AvgIpc) is 2.52. The fourth-order valence-corrected chi connectivity index (χ4v) is 2.79. The Hall–Kier alpha value is -1.82. The van der Waals surface area contributed by atoms with Crippen molar-refractivity contribution in [3.05, 3.63) is 23.4 Å². The summed E-state index contributed by atoms with van der Waals surface area (Å²) in [5, 5.41) is 0. The zero-order valence-corrected chi connectivity index (χ0v) is 15.5. The number of carbonyl (C=O) groups is 1. The highest BCUT2D eigenvalue weighted by Gasteiger charge is 2.26. The number of rotatable bonds is 3. The number of ether oxygens (including phenoxy) is 1. The van der Waals surface area contributed by atoms with Crippen LogP contribution in [0.4, 0.5) is 10.6 Å². The van der Waals surface area contributed by atoms with Gasteiger partial charge in [0, 0.05) is 37.9 Å². The second-order valence-electron chi connectivity index (χ2n) is 7.31. The molecule has 0 spiro atoms. The predicted molar refractivity (Wildman–Crippen MR) is 96.2 cm³/mol. The van der Waals surface area contributed by atoms with E-state index in [2.05, 4.69) is 17.9 Å². The van der Waals surface area contributed by atoms with Crippen LogP contribution < -0.4 is 10.6 Å². The molecule has 24 heavy (non-hydrogen) atoms. The summed E-state index contributed by atoms with van der Waals surface area (Å²) in [5.41, 5.74) is 7.74. The summed E-state index contributed by atoms with van der Waals surface area (Å²) in [6.45, 7) is 12.5. The Bertz CT molecular complexity index is 575. The predicted octanol–water partition coefficient (Wildman–Crippen LogP) is 2.86. The van der Waals surface area contributed by atoms with Crippen molar-refractivity contribution in [3.63, 3.8) is 0 Å². The highest BCUT2D eigenvalue weighted by atomic mass is 16.6. The molecule has 6 nitrogen and oxygen atoms in total. The molecule has 0 aromatic carbocycles. The number of hydrogen-bond acceptors (Lipinski definition) is 5. The summed E-state index contributed by atoms with van der Waals surface area (Å²) in [7, 11) is 0. The minimum atomic E-state index is -0.458. The van der Waals surface area contributed by atoms with Crippen molar-refractivity contribution in [2.45, 2.75) is 52.7 Å². The van der Waals surface area contributed by atoms with Crippen LogP contribution in [0.5, 0.6) is 0 Å². The van der Waals surface area contributed by atoms with Crippen LogP contribution in [0.3, 0.4) is 0 Å². The fraction of sp³-hybridized carbons (Fsp3) is 0.667. The lowest BCUT2D eigenvalue weighted by Crippen LogP contribution is -2.50. The lowest BCUT2D eigenvalue weighted by molar-refractivity contribution is 0.0240. The SMILES string of the molecule is CC[C@H](N)c1ccc(N2CCN(C(=O)OC(C)(C)C)CC2)nc1C. The number of pyridine rings is 1. The van der Waals surface area contributed by atoms with Gasteiger partial charge in [-0.1, -0.05) is 13.0 Å². The maximum absolute atomic E-state index is 12.1. The number of nitrogens with two attached hydrogens (primary N) is 1. The Morgan fingerprint density at radius 3 is 2.42 bits per heavy atom. The second-order valence-corrected chi connectivity index (χ2v) is 7.31. The van der Waals surface area contributed by atoms with Crippen LogP contribution in [0.1, 0.15) is 51.4 Å². The van der Waals surface area contributed by atoms with Gasteiger partial charge in [0.15, 0.2) is 0 Å². The molecule has 0 aliphatic carbocycles. The summed E-state index contributed by atoms with van der Waals surface area (Å²) >= 11 is 0. The number of piperazine rings is 1. The van der Waals surface area contributed by atoms with Crippen LogP contribution in [0.15, 0.2) is 12.1 Å². The van der Waals surface area contributed by atoms with Gasteiger partial charge in [0.05, 0.1) is 0 Å². The summed E-state index contributed by atoms with van der Waals surface area (Å²) < 4.78 is 5.43. The molecule has 2 heterocycles. The Morgan fingerprint density at radius 2 is 1.92 bits per heavy atom. The normalized spacial score (nSPS) is 16.9. The molecule has 0 radical (unpaired) electrons.